The van der Waals surface area contributed by atoms with E-state index in [1.165, 1.54) is 12.3 Å². The van der Waals surface area contributed by atoms with Gasteiger partial charge in [-0.05, 0) is 51.2 Å². The summed E-state index contributed by atoms with van der Waals surface area (Å²) in [6.07, 6.45) is 1.28. The monoisotopic (exact) mass is 409 g/mol. The Morgan fingerprint density at radius 3 is 2.52 bits per heavy atom. The molecule has 0 bridgehead atoms. The first kappa shape index (κ1) is 21.2. The SMILES string of the molecule is CN(C)CC(=O)Nc1c(-c2cc(F)ccc2F)ccnc1C1CCC(F)(F)CC1. The quantitative estimate of drug-likeness (QED) is 0.721. The van der Waals surface area contributed by atoms with Gasteiger partial charge >= 0.3 is 0 Å². The molecule has 2 aromatic rings. The summed E-state index contributed by atoms with van der Waals surface area (Å²) < 4.78 is 55.4. The number of benzene rings is 1. The van der Waals surface area contributed by atoms with E-state index in [-0.39, 0.29) is 60.9 Å². The molecule has 1 N–H and O–H groups in total. The van der Waals surface area contributed by atoms with E-state index in [1.807, 2.05) is 0 Å². The highest BCUT2D eigenvalue weighted by Crippen LogP contribution is 2.44. The van der Waals surface area contributed by atoms with Gasteiger partial charge in [0, 0.05) is 36.1 Å². The van der Waals surface area contributed by atoms with Gasteiger partial charge in [-0.1, -0.05) is 0 Å². The van der Waals surface area contributed by atoms with Crippen molar-refractivity contribution in [3.05, 3.63) is 47.8 Å². The highest BCUT2D eigenvalue weighted by atomic mass is 19.3. The summed E-state index contributed by atoms with van der Waals surface area (Å²) in [5.74, 6) is -4.65. The first-order chi connectivity index (χ1) is 13.7. The van der Waals surface area contributed by atoms with Gasteiger partial charge in [-0.25, -0.2) is 17.6 Å². The number of likely N-dealkylation sites (N-methyl/N-ethyl adjacent to an activating group) is 1. The summed E-state index contributed by atoms with van der Waals surface area (Å²) in [6, 6.07) is 4.56. The van der Waals surface area contributed by atoms with Crippen LogP contribution in [0.1, 0.15) is 37.3 Å². The zero-order valence-electron chi connectivity index (χ0n) is 16.3. The van der Waals surface area contributed by atoms with Gasteiger partial charge in [0.15, 0.2) is 0 Å². The first-order valence-electron chi connectivity index (χ1n) is 9.43. The van der Waals surface area contributed by atoms with Gasteiger partial charge in [0.05, 0.1) is 17.9 Å². The molecule has 1 aromatic carbocycles. The standard InChI is InChI=1S/C21H23F4N3O/c1-28(2)12-18(29)27-20-15(16-11-14(22)3-4-17(16)23)7-10-26-19(20)13-5-8-21(24,25)9-6-13/h3-4,7,10-11,13H,5-6,8-9,12H2,1-2H3,(H,27,29). The molecular weight excluding hydrogens is 386 g/mol. The number of hydrogen-bond donors (Lipinski definition) is 1. The largest absolute Gasteiger partial charge is 0.323 e. The number of pyridine rings is 1. The highest BCUT2D eigenvalue weighted by Gasteiger charge is 2.37. The lowest BCUT2D eigenvalue weighted by atomic mass is 9.83. The van der Waals surface area contributed by atoms with Gasteiger partial charge in [-0.3, -0.25) is 9.78 Å². The molecule has 0 unspecified atom stereocenters. The topological polar surface area (TPSA) is 45.2 Å². The van der Waals surface area contributed by atoms with E-state index >= 15 is 0 Å². The Balaban J connectivity index is 2.06. The summed E-state index contributed by atoms with van der Waals surface area (Å²) >= 11 is 0. The molecule has 0 spiro atoms. The van der Waals surface area contributed by atoms with Crippen molar-refractivity contribution in [3.8, 4) is 11.1 Å². The lowest BCUT2D eigenvalue weighted by Crippen LogP contribution is -2.29. The maximum atomic E-state index is 14.5. The number of carbonyl (C=O) groups excluding carboxylic acids is 1. The van der Waals surface area contributed by atoms with Gasteiger partial charge in [0.1, 0.15) is 11.6 Å². The van der Waals surface area contributed by atoms with Gasteiger partial charge in [0.25, 0.3) is 0 Å². The highest BCUT2D eigenvalue weighted by molar-refractivity contribution is 5.97. The van der Waals surface area contributed by atoms with Crippen LogP contribution in [0.25, 0.3) is 11.1 Å². The molecule has 0 saturated heterocycles. The fourth-order valence-corrected chi connectivity index (χ4v) is 3.63. The molecule has 29 heavy (non-hydrogen) atoms. The minimum absolute atomic E-state index is 0.0186. The second-order valence-corrected chi connectivity index (χ2v) is 7.66. The molecule has 1 aliphatic carbocycles. The Labute approximate surface area is 166 Å². The fraction of sp³-hybridized carbons (Fsp3) is 0.429. The van der Waals surface area contributed by atoms with Crippen molar-refractivity contribution in [2.75, 3.05) is 26.0 Å². The molecule has 1 aliphatic rings. The first-order valence-corrected chi connectivity index (χ1v) is 9.43. The Hall–Kier alpha value is -2.48. The number of anilines is 1. The Morgan fingerprint density at radius 2 is 1.86 bits per heavy atom. The molecule has 1 aromatic heterocycles. The molecule has 1 fully saturated rings. The summed E-state index contributed by atoms with van der Waals surface area (Å²) in [5.41, 5.74) is 0.930. The summed E-state index contributed by atoms with van der Waals surface area (Å²) in [5, 5.41) is 2.75. The third-order valence-corrected chi connectivity index (χ3v) is 5.03. The smallest absolute Gasteiger partial charge is 0.248 e. The summed E-state index contributed by atoms with van der Waals surface area (Å²) in [4.78, 5) is 18.4. The average molecular weight is 409 g/mol. The summed E-state index contributed by atoms with van der Waals surface area (Å²) in [7, 11) is 3.44. The van der Waals surface area contributed by atoms with Gasteiger partial charge < -0.3 is 10.2 Å². The molecule has 0 aliphatic heterocycles. The van der Waals surface area contributed by atoms with Crippen LogP contribution in [-0.4, -0.2) is 42.4 Å². The number of hydrogen-bond acceptors (Lipinski definition) is 3. The van der Waals surface area contributed by atoms with Crippen molar-refractivity contribution in [2.45, 2.75) is 37.5 Å². The van der Waals surface area contributed by atoms with Crippen LogP contribution in [0.4, 0.5) is 23.2 Å². The van der Waals surface area contributed by atoms with Crippen LogP contribution in [0.15, 0.2) is 30.5 Å². The van der Waals surface area contributed by atoms with Crippen molar-refractivity contribution in [3.63, 3.8) is 0 Å². The van der Waals surface area contributed by atoms with Crippen LogP contribution in [-0.2, 0) is 4.79 Å². The third-order valence-electron chi connectivity index (χ3n) is 5.03. The molecule has 3 rings (SSSR count). The fourth-order valence-electron chi connectivity index (χ4n) is 3.63. The zero-order valence-corrected chi connectivity index (χ0v) is 16.3. The van der Waals surface area contributed by atoms with Gasteiger partial charge in [-0.15, -0.1) is 0 Å². The maximum absolute atomic E-state index is 14.5. The normalized spacial score (nSPS) is 16.8. The molecule has 156 valence electrons. The maximum Gasteiger partial charge on any atom is 0.248 e. The van der Waals surface area contributed by atoms with Crippen LogP contribution in [0, 0.1) is 11.6 Å². The van der Waals surface area contributed by atoms with Crippen molar-refractivity contribution in [1.29, 1.82) is 0 Å². The van der Waals surface area contributed by atoms with E-state index in [1.54, 1.807) is 19.0 Å². The lowest BCUT2D eigenvalue weighted by Gasteiger charge is -2.29. The minimum atomic E-state index is -2.71. The third kappa shape index (κ3) is 5.12. The Bertz CT molecular complexity index is 891. The van der Waals surface area contributed by atoms with Gasteiger partial charge in [-0.2, -0.15) is 0 Å². The van der Waals surface area contributed by atoms with E-state index in [2.05, 4.69) is 10.3 Å². The van der Waals surface area contributed by atoms with E-state index in [4.69, 9.17) is 0 Å². The minimum Gasteiger partial charge on any atom is -0.323 e. The van der Waals surface area contributed by atoms with Crippen LogP contribution in [0.2, 0.25) is 0 Å². The lowest BCUT2D eigenvalue weighted by molar-refractivity contribution is -0.116. The predicted octanol–water partition coefficient (Wildman–Crippen LogP) is 4.82. The van der Waals surface area contributed by atoms with Crippen molar-refractivity contribution >= 4 is 11.6 Å². The molecule has 0 atom stereocenters. The van der Waals surface area contributed by atoms with Crippen LogP contribution in [0.3, 0.4) is 0 Å². The van der Waals surface area contributed by atoms with Crippen molar-refractivity contribution in [2.24, 2.45) is 0 Å². The van der Waals surface area contributed by atoms with E-state index in [0.29, 0.717) is 5.69 Å². The van der Waals surface area contributed by atoms with Crippen LogP contribution in [0.5, 0.6) is 0 Å². The molecule has 0 radical (unpaired) electrons. The van der Waals surface area contributed by atoms with Gasteiger partial charge in [0.2, 0.25) is 11.8 Å². The number of rotatable bonds is 5. The molecular formula is C21H23F4N3O. The number of carbonyl (C=O) groups is 1. The molecule has 1 heterocycles. The number of aromatic nitrogens is 1. The second-order valence-electron chi connectivity index (χ2n) is 7.66. The number of amides is 1. The van der Waals surface area contributed by atoms with Crippen molar-refractivity contribution in [1.82, 2.24) is 9.88 Å². The average Bonchev–Trinajstić information content (AvgIpc) is 2.63. The Morgan fingerprint density at radius 1 is 1.17 bits per heavy atom. The number of nitrogens with one attached hydrogen (secondary N) is 1. The van der Waals surface area contributed by atoms with Crippen LogP contribution < -0.4 is 5.32 Å². The number of halogens is 4. The summed E-state index contributed by atoms with van der Waals surface area (Å²) in [6.45, 7) is 0.0716. The number of alkyl halides is 2. The molecule has 1 saturated carbocycles. The number of nitrogens with zero attached hydrogens (tertiary/aromatic N) is 2. The predicted molar refractivity (Wildman–Crippen MR) is 103 cm³/mol. The van der Waals surface area contributed by atoms with E-state index in [9.17, 15) is 22.4 Å². The molecule has 1 amide bonds. The van der Waals surface area contributed by atoms with Crippen molar-refractivity contribution < 1.29 is 22.4 Å². The van der Waals surface area contributed by atoms with E-state index < -0.39 is 17.6 Å². The van der Waals surface area contributed by atoms with E-state index in [0.717, 1.165) is 18.2 Å². The second kappa shape index (κ2) is 8.49. The Kier molecular flexibility index (Phi) is 6.21. The zero-order chi connectivity index (χ0) is 21.2. The molecule has 4 nitrogen and oxygen atoms in total. The van der Waals surface area contributed by atoms with Crippen LogP contribution >= 0.6 is 0 Å². The molecule has 8 heteroatoms.